The predicted molar refractivity (Wildman–Crippen MR) is 79.5 cm³/mol. The van der Waals surface area contributed by atoms with Crippen LogP contribution in [0.15, 0.2) is 28.7 Å². The third-order valence-corrected chi connectivity index (χ3v) is 3.90. The number of benzene rings is 1. The molecule has 1 heterocycles. The van der Waals surface area contributed by atoms with E-state index in [1.807, 2.05) is 31.2 Å². The van der Waals surface area contributed by atoms with Gasteiger partial charge in [0.15, 0.2) is 0 Å². The van der Waals surface area contributed by atoms with E-state index in [0.717, 1.165) is 21.3 Å². The Kier molecular flexibility index (Phi) is 4.42. The van der Waals surface area contributed by atoms with Gasteiger partial charge in [0.25, 0.3) is 0 Å². The van der Waals surface area contributed by atoms with Gasteiger partial charge in [-0.3, -0.25) is 9.48 Å². The van der Waals surface area contributed by atoms with E-state index < -0.39 is 0 Å². The maximum Gasteiger partial charge on any atom is 0.141 e. The van der Waals surface area contributed by atoms with Crippen molar-refractivity contribution in [3.05, 3.63) is 50.7 Å². The van der Waals surface area contributed by atoms with Crippen molar-refractivity contribution in [2.75, 3.05) is 0 Å². The van der Waals surface area contributed by atoms with Gasteiger partial charge in [-0.25, -0.2) is 0 Å². The second-order valence-electron chi connectivity index (χ2n) is 4.50. The lowest BCUT2D eigenvalue weighted by molar-refractivity contribution is -0.117. The van der Waals surface area contributed by atoms with Gasteiger partial charge in [-0.1, -0.05) is 39.7 Å². The number of aryl methyl sites for hydroxylation is 2. The van der Waals surface area contributed by atoms with Crippen LogP contribution in [-0.4, -0.2) is 15.6 Å². The van der Waals surface area contributed by atoms with Crippen molar-refractivity contribution in [1.82, 2.24) is 9.78 Å². The van der Waals surface area contributed by atoms with Crippen LogP contribution in [0.25, 0.3) is 0 Å². The van der Waals surface area contributed by atoms with Gasteiger partial charge in [0, 0.05) is 29.9 Å². The highest BCUT2D eigenvalue weighted by atomic mass is 79.9. The number of aromatic nitrogens is 2. The molecule has 1 aromatic carbocycles. The molecule has 0 amide bonds. The fourth-order valence-electron chi connectivity index (χ4n) is 2.01. The lowest BCUT2D eigenvalue weighted by Gasteiger charge is -2.02. The molecule has 0 aliphatic carbocycles. The zero-order valence-corrected chi connectivity index (χ0v) is 13.1. The molecule has 0 saturated carbocycles. The predicted octanol–water partition coefficient (Wildman–Crippen LogP) is 3.50. The van der Waals surface area contributed by atoms with Crippen molar-refractivity contribution in [2.24, 2.45) is 7.05 Å². The zero-order chi connectivity index (χ0) is 14.0. The summed E-state index contributed by atoms with van der Waals surface area (Å²) in [6.07, 6.45) is 0.731. The van der Waals surface area contributed by atoms with Crippen molar-refractivity contribution in [2.45, 2.75) is 19.8 Å². The molecule has 0 aliphatic heterocycles. The standard InChI is InChI=1S/C14H14BrClN2O/c1-9-13(14(16)18(2)17-9)8-12(19)7-10-4-3-5-11(15)6-10/h3-6H,7-8H2,1-2H3. The minimum atomic E-state index is 0.135. The van der Waals surface area contributed by atoms with Crippen LogP contribution < -0.4 is 0 Å². The van der Waals surface area contributed by atoms with E-state index >= 15 is 0 Å². The minimum absolute atomic E-state index is 0.135. The van der Waals surface area contributed by atoms with E-state index in [1.54, 1.807) is 11.7 Å². The van der Waals surface area contributed by atoms with Crippen LogP contribution in [0.1, 0.15) is 16.8 Å². The summed E-state index contributed by atoms with van der Waals surface area (Å²) >= 11 is 9.53. The average Bonchev–Trinajstić information content (AvgIpc) is 2.56. The van der Waals surface area contributed by atoms with Gasteiger partial charge in [0.05, 0.1) is 5.69 Å². The van der Waals surface area contributed by atoms with Gasteiger partial charge >= 0.3 is 0 Å². The summed E-state index contributed by atoms with van der Waals surface area (Å²) in [4.78, 5) is 12.1. The SMILES string of the molecule is Cc1nn(C)c(Cl)c1CC(=O)Cc1cccc(Br)c1. The number of hydrogen-bond donors (Lipinski definition) is 0. The van der Waals surface area contributed by atoms with Crippen LogP contribution in [-0.2, 0) is 24.7 Å². The van der Waals surface area contributed by atoms with Crippen molar-refractivity contribution in [3.63, 3.8) is 0 Å². The van der Waals surface area contributed by atoms with Gasteiger partial charge in [-0.05, 0) is 24.6 Å². The van der Waals surface area contributed by atoms with Crippen LogP contribution >= 0.6 is 27.5 Å². The highest BCUT2D eigenvalue weighted by Gasteiger charge is 2.15. The molecule has 5 heteroatoms. The van der Waals surface area contributed by atoms with Crippen molar-refractivity contribution < 1.29 is 4.79 Å². The van der Waals surface area contributed by atoms with E-state index in [-0.39, 0.29) is 5.78 Å². The fourth-order valence-corrected chi connectivity index (χ4v) is 2.70. The number of nitrogens with zero attached hydrogens (tertiary/aromatic N) is 2. The molecule has 2 aromatic rings. The van der Waals surface area contributed by atoms with Crippen LogP contribution in [0.5, 0.6) is 0 Å². The van der Waals surface area contributed by atoms with E-state index in [0.29, 0.717) is 18.0 Å². The molecule has 0 bridgehead atoms. The molecular formula is C14H14BrClN2O. The number of halogens is 2. The Bertz CT molecular complexity index is 622. The molecule has 0 atom stereocenters. The monoisotopic (exact) mass is 340 g/mol. The van der Waals surface area contributed by atoms with Crippen LogP contribution in [0.2, 0.25) is 5.15 Å². The Morgan fingerprint density at radius 3 is 2.74 bits per heavy atom. The number of carbonyl (C=O) groups is 1. The summed E-state index contributed by atoms with van der Waals surface area (Å²) in [5, 5.41) is 4.75. The van der Waals surface area contributed by atoms with Gasteiger partial charge < -0.3 is 0 Å². The van der Waals surface area contributed by atoms with Gasteiger partial charge in [-0.2, -0.15) is 5.10 Å². The Morgan fingerprint density at radius 1 is 1.42 bits per heavy atom. The molecule has 0 spiro atoms. The molecule has 100 valence electrons. The molecule has 2 rings (SSSR count). The maximum atomic E-state index is 12.1. The topological polar surface area (TPSA) is 34.9 Å². The summed E-state index contributed by atoms with van der Waals surface area (Å²) in [6.45, 7) is 1.87. The Balaban J connectivity index is 2.09. The van der Waals surface area contributed by atoms with E-state index in [1.165, 1.54) is 0 Å². The first-order valence-electron chi connectivity index (χ1n) is 5.91. The van der Waals surface area contributed by atoms with E-state index in [2.05, 4.69) is 21.0 Å². The second-order valence-corrected chi connectivity index (χ2v) is 5.77. The molecular weight excluding hydrogens is 328 g/mol. The van der Waals surface area contributed by atoms with Gasteiger partial charge in [-0.15, -0.1) is 0 Å². The highest BCUT2D eigenvalue weighted by Crippen LogP contribution is 2.20. The lowest BCUT2D eigenvalue weighted by Crippen LogP contribution is -2.07. The summed E-state index contributed by atoms with van der Waals surface area (Å²) < 4.78 is 2.58. The van der Waals surface area contributed by atoms with E-state index in [9.17, 15) is 4.79 Å². The normalized spacial score (nSPS) is 10.7. The van der Waals surface area contributed by atoms with Crippen LogP contribution in [0.4, 0.5) is 0 Å². The number of hydrogen-bond acceptors (Lipinski definition) is 2. The third kappa shape index (κ3) is 3.45. The first-order valence-corrected chi connectivity index (χ1v) is 7.08. The molecule has 0 unspecified atom stereocenters. The first-order chi connectivity index (χ1) is 8.97. The molecule has 0 aliphatic rings. The summed E-state index contributed by atoms with van der Waals surface area (Å²) in [6, 6.07) is 7.76. The summed E-state index contributed by atoms with van der Waals surface area (Å²) in [7, 11) is 1.78. The number of Topliss-reactive ketones (excluding diaryl/α,β-unsaturated/α-hetero) is 1. The number of carbonyl (C=O) groups excluding carboxylic acids is 1. The second kappa shape index (κ2) is 5.88. The number of ketones is 1. The molecule has 0 radical (unpaired) electrons. The quantitative estimate of drug-likeness (QED) is 0.853. The van der Waals surface area contributed by atoms with Crippen molar-refractivity contribution in [1.29, 1.82) is 0 Å². The van der Waals surface area contributed by atoms with Crippen LogP contribution in [0.3, 0.4) is 0 Å². The minimum Gasteiger partial charge on any atom is -0.299 e. The van der Waals surface area contributed by atoms with Gasteiger partial charge in [0.2, 0.25) is 0 Å². The smallest absolute Gasteiger partial charge is 0.141 e. The molecule has 19 heavy (non-hydrogen) atoms. The molecule has 3 nitrogen and oxygen atoms in total. The van der Waals surface area contributed by atoms with Crippen molar-refractivity contribution in [3.8, 4) is 0 Å². The van der Waals surface area contributed by atoms with Crippen LogP contribution in [0, 0.1) is 6.92 Å². The Hall–Kier alpha value is -1.13. The summed E-state index contributed by atoms with van der Waals surface area (Å²) in [5.74, 6) is 0.135. The van der Waals surface area contributed by atoms with Crippen molar-refractivity contribution >= 4 is 33.3 Å². The molecule has 1 aromatic heterocycles. The Labute approximate surface area is 125 Å². The highest BCUT2D eigenvalue weighted by molar-refractivity contribution is 9.10. The maximum absolute atomic E-state index is 12.1. The van der Waals surface area contributed by atoms with Gasteiger partial charge in [0.1, 0.15) is 10.9 Å². The summed E-state index contributed by atoms with van der Waals surface area (Å²) in [5.41, 5.74) is 2.64. The van der Waals surface area contributed by atoms with E-state index in [4.69, 9.17) is 11.6 Å². The largest absolute Gasteiger partial charge is 0.299 e. The molecule has 0 N–H and O–H groups in total. The lowest BCUT2D eigenvalue weighted by atomic mass is 10.0. The Morgan fingerprint density at radius 2 is 2.16 bits per heavy atom. The third-order valence-electron chi connectivity index (χ3n) is 2.93. The zero-order valence-electron chi connectivity index (χ0n) is 10.8. The molecule has 0 fully saturated rings. The first kappa shape index (κ1) is 14.3. The average molecular weight is 342 g/mol. The fraction of sp³-hybridized carbons (Fsp3) is 0.286. The molecule has 0 saturated heterocycles. The number of rotatable bonds is 4.